The van der Waals surface area contributed by atoms with E-state index in [0.29, 0.717) is 0 Å². The Balaban J connectivity index is 2.04. The van der Waals surface area contributed by atoms with E-state index in [1.165, 1.54) is 0 Å². The number of nitrogens with one attached hydrogen (secondary N) is 1. The molecular weight excluding hydrogens is 208 g/mol. The van der Waals surface area contributed by atoms with Crippen molar-refractivity contribution >= 4 is 11.3 Å². The maximum Gasteiger partial charge on any atom is 0.0898 e. The van der Waals surface area contributed by atoms with Crippen LogP contribution in [0.4, 0.5) is 0 Å². The maximum atomic E-state index is 4.42. The third-order valence-corrected chi connectivity index (χ3v) is 2.87. The average molecular weight is 222 g/mol. The zero-order chi connectivity index (χ0) is 10.7. The Kier molecular flexibility index (Phi) is 3.13. The summed E-state index contributed by atoms with van der Waals surface area (Å²) in [5.41, 5.74) is 2.14. The van der Waals surface area contributed by atoms with Crippen molar-refractivity contribution in [3.63, 3.8) is 0 Å². The molecule has 0 amide bonds. The average Bonchev–Trinajstić information content (AvgIpc) is 2.78. The van der Waals surface area contributed by atoms with Gasteiger partial charge in [0.1, 0.15) is 0 Å². The largest absolute Gasteiger partial charge is 0.314 e. The van der Waals surface area contributed by atoms with Gasteiger partial charge in [-0.2, -0.15) is 5.10 Å². The summed E-state index contributed by atoms with van der Waals surface area (Å²) >= 11 is 1.68. The van der Waals surface area contributed by atoms with E-state index in [1.807, 2.05) is 30.9 Å². The number of hydrogen-bond acceptors (Lipinski definition) is 4. The van der Waals surface area contributed by atoms with Crippen LogP contribution in [0.1, 0.15) is 16.4 Å². The number of thiazole rings is 1. The highest BCUT2D eigenvalue weighted by molar-refractivity contribution is 7.09. The Labute approximate surface area is 93.0 Å². The molecule has 0 atom stereocenters. The standard InChI is InChI=1S/C10H14N4S/c1-8-12-10(7-15-8)6-14-4-3-9(13-14)5-11-2/h3-4,7,11H,5-6H2,1-2H3. The predicted octanol–water partition coefficient (Wildman–Crippen LogP) is 1.42. The Morgan fingerprint density at radius 3 is 3.00 bits per heavy atom. The molecule has 2 heterocycles. The first-order valence-electron chi connectivity index (χ1n) is 4.86. The molecule has 80 valence electrons. The van der Waals surface area contributed by atoms with Gasteiger partial charge in [-0.3, -0.25) is 4.68 Å². The van der Waals surface area contributed by atoms with E-state index in [-0.39, 0.29) is 0 Å². The second kappa shape index (κ2) is 4.55. The summed E-state index contributed by atoms with van der Waals surface area (Å²) in [4.78, 5) is 4.40. The topological polar surface area (TPSA) is 42.7 Å². The van der Waals surface area contributed by atoms with Crippen molar-refractivity contribution in [3.8, 4) is 0 Å². The minimum atomic E-state index is 0.758. The van der Waals surface area contributed by atoms with Crippen molar-refractivity contribution in [2.75, 3.05) is 7.05 Å². The normalized spacial score (nSPS) is 10.8. The molecule has 0 saturated carbocycles. The van der Waals surface area contributed by atoms with Crippen molar-refractivity contribution in [1.29, 1.82) is 0 Å². The van der Waals surface area contributed by atoms with Gasteiger partial charge in [0.25, 0.3) is 0 Å². The Morgan fingerprint density at radius 2 is 2.33 bits per heavy atom. The summed E-state index contributed by atoms with van der Waals surface area (Å²) in [5.74, 6) is 0. The Bertz CT molecular complexity index is 432. The van der Waals surface area contributed by atoms with E-state index in [2.05, 4.69) is 20.8 Å². The fourth-order valence-corrected chi connectivity index (χ4v) is 2.02. The van der Waals surface area contributed by atoms with Crippen LogP contribution in [0.15, 0.2) is 17.6 Å². The first-order chi connectivity index (χ1) is 7.28. The van der Waals surface area contributed by atoms with Gasteiger partial charge in [-0.25, -0.2) is 4.98 Å². The molecule has 4 nitrogen and oxygen atoms in total. The molecule has 2 aromatic heterocycles. The van der Waals surface area contributed by atoms with Gasteiger partial charge in [-0.15, -0.1) is 11.3 Å². The second-order valence-electron chi connectivity index (χ2n) is 3.39. The van der Waals surface area contributed by atoms with Crippen molar-refractivity contribution in [1.82, 2.24) is 20.1 Å². The summed E-state index contributed by atoms with van der Waals surface area (Å²) in [6.45, 7) is 3.58. The van der Waals surface area contributed by atoms with Crippen LogP contribution >= 0.6 is 11.3 Å². The molecule has 2 aromatic rings. The smallest absolute Gasteiger partial charge is 0.0898 e. The fraction of sp³-hybridized carbons (Fsp3) is 0.400. The third-order valence-electron chi connectivity index (χ3n) is 2.04. The van der Waals surface area contributed by atoms with Gasteiger partial charge in [0.15, 0.2) is 0 Å². The molecule has 0 aliphatic rings. The van der Waals surface area contributed by atoms with Crippen LogP contribution < -0.4 is 5.32 Å². The number of nitrogens with zero attached hydrogens (tertiary/aromatic N) is 3. The first kappa shape index (κ1) is 10.3. The molecule has 15 heavy (non-hydrogen) atoms. The van der Waals surface area contributed by atoms with Crippen LogP contribution in [0.5, 0.6) is 0 Å². The molecule has 1 N–H and O–H groups in total. The molecule has 0 aliphatic heterocycles. The highest BCUT2D eigenvalue weighted by Crippen LogP contribution is 2.09. The molecule has 5 heteroatoms. The van der Waals surface area contributed by atoms with E-state index >= 15 is 0 Å². The second-order valence-corrected chi connectivity index (χ2v) is 4.46. The van der Waals surface area contributed by atoms with Crippen molar-refractivity contribution in [2.24, 2.45) is 0 Å². The lowest BCUT2D eigenvalue weighted by molar-refractivity contribution is 0.650. The van der Waals surface area contributed by atoms with Gasteiger partial charge in [-0.1, -0.05) is 0 Å². The summed E-state index contributed by atoms with van der Waals surface area (Å²) < 4.78 is 1.92. The predicted molar refractivity (Wildman–Crippen MR) is 60.9 cm³/mol. The Hall–Kier alpha value is -1.20. The van der Waals surface area contributed by atoms with E-state index < -0.39 is 0 Å². The van der Waals surface area contributed by atoms with Gasteiger partial charge < -0.3 is 5.32 Å². The lowest BCUT2D eigenvalue weighted by Gasteiger charge is -1.97. The van der Waals surface area contributed by atoms with Gasteiger partial charge in [0.05, 0.1) is 22.9 Å². The van der Waals surface area contributed by atoms with Crippen molar-refractivity contribution < 1.29 is 0 Å². The number of aryl methyl sites for hydroxylation is 1. The van der Waals surface area contributed by atoms with Crippen LogP contribution in [0.2, 0.25) is 0 Å². The minimum Gasteiger partial charge on any atom is -0.314 e. The van der Waals surface area contributed by atoms with Gasteiger partial charge in [-0.05, 0) is 20.0 Å². The molecule has 0 aromatic carbocycles. The molecule has 0 unspecified atom stereocenters. The van der Waals surface area contributed by atoms with Crippen LogP contribution in [0.25, 0.3) is 0 Å². The van der Waals surface area contributed by atoms with Gasteiger partial charge >= 0.3 is 0 Å². The maximum absolute atomic E-state index is 4.42. The lowest BCUT2D eigenvalue weighted by Crippen LogP contribution is -2.07. The molecule has 0 fully saturated rings. The molecule has 0 bridgehead atoms. The van der Waals surface area contributed by atoms with Gasteiger partial charge in [0, 0.05) is 18.1 Å². The van der Waals surface area contributed by atoms with Crippen molar-refractivity contribution in [3.05, 3.63) is 34.0 Å². The van der Waals surface area contributed by atoms with Crippen LogP contribution in [-0.4, -0.2) is 21.8 Å². The van der Waals surface area contributed by atoms with E-state index in [0.717, 1.165) is 29.5 Å². The van der Waals surface area contributed by atoms with Crippen LogP contribution in [0, 0.1) is 6.92 Å². The molecule has 2 rings (SSSR count). The van der Waals surface area contributed by atoms with Crippen molar-refractivity contribution in [2.45, 2.75) is 20.0 Å². The highest BCUT2D eigenvalue weighted by Gasteiger charge is 2.01. The van der Waals surface area contributed by atoms with E-state index in [1.54, 1.807) is 11.3 Å². The zero-order valence-corrected chi connectivity index (χ0v) is 9.71. The molecule has 0 saturated heterocycles. The monoisotopic (exact) mass is 222 g/mol. The molecule has 0 aliphatic carbocycles. The number of hydrogen-bond donors (Lipinski definition) is 1. The van der Waals surface area contributed by atoms with E-state index in [4.69, 9.17) is 0 Å². The first-order valence-corrected chi connectivity index (χ1v) is 5.74. The minimum absolute atomic E-state index is 0.758. The summed E-state index contributed by atoms with van der Waals surface area (Å²) in [7, 11) is 1.92. The Morgan fingerprint density at radius 1 is 1.47 bits per heavy atom. The third kappa shape index (κ3) is 2.64. The van der Waals surface area contributed by atoms with Gasteiger partial charge in [0.2, 0.25) is 0 Å². The quantitative estimate of drug-likeness (QED) is 0.850. The summed E-state index contributed by atoms with van der Waals surface area (Å²) in [6.07, 6.45) is 1.99. The highest BCUT2D eigenvalue weighted by atomic mass is 32.1. The van der Waals surface area contributed by atoms with Crippen LogP contribution in [-0.2, 0) is 13.1 Å². The summed E-state index contributed by atoms with van der Waals surface area (Å²) in [6, 6.07) is 2.02. The zero-order valence-electron chi connectivity index (χ0n) is 8.90. The molecule has 0 radical (unpaired) electrons. The summed E-state index contributed by atoms with van der Waals surface area (Å²) in [5, 5.41) is 10.7. The lowest BCUT2D eigenvalue weighted by atomic mass is 10.4. The van der Waals surface area contributed by atoms with Crippen LogP contribution in [0.3, 0.4) is 0 Å². The molecule has 0 spiro atoms. The van der Waals surface area contributed by atoms with E-state index in [9.17, 15) is 0 Å². The fourth-order valence-electron chi connectivity index (χ4n) is 1.41. The SMILES string of the molecule is CNCc1ccn(Cc2csc(C)n2)n1. The number of aromatic nitrogens is 3. The number of rotatable bonds is 4. The molecular formula is C10H14N4S.